The molecule has 1 N–H and O–H groups in total. The first-order valence-electron chi connectivity index (χ1n) is 6.93. The zero-order valence-electron chi connectivity index (χ0n) is 12.4. The minimum absolute atomic E-state index is 0.212. The summed E-state index contributed by atoms with van der Waals surface area (Å²) in [6.45, 7) is 5.90. The summed E-state index contributed by atoms with van der Waals surface area (Å²) in [4.78, 5) is 12.4. The fraction of sp³-hybridized carbons (Fsp3) is 0.167. The molecule has 1 heterocycles. The number of nitrogens with one attached hydrogen (secondary N) is 1. The minimum Gasteiger partial charge on any atom is -0.451 e. The van der Waals surface area contributed by atoms with E-state index in [1.807, 2.05) is 63.2 Å². The molecule has 0 bridgehead atoms. The maximum Gasteiger partial charge on any atom is 0.291 e. The molecular weight excluding hydrogens is 262 g/mol. The Morgan fingerprint density at radius 1 is 1.05 bits per heavy atom. The van der Waals surface area contributed by atoms with E-state index in [2.05, 4.69) is 5.32 Å². The van der Waals surface area contributed by atoms with Crippen LogP contribution in [0.25, 0.3) is 11.0 Å². The number of furan rings is 1. The Morgan fingerprint density at radius 3 is 2.57 bits per heavy atom. The Labute approximate surface area is 123 Å². The zero-order chi connectivity index (χ0) is 15.0. The highest BCUT2D eigenvalue weighted by molar-refractivity contribution is 6.06. The molecule has 1 amide bonds. The normalized spacial score (nSPS) is 10.8. The molecule has 1 aromatic heterocycles. The molecule has 0 fully saturated rings. The lowest BCUT2D eigenvalue weighted by Crippen LogP contribution is -2.12. The summed E-state index contributed by atoms with van der Waals surface area (Å²) in [5, 5.41) is 3.90. The van der Waals surface area contributed by atoms with E-state index in [0.717, 1.165) is 33.3 Å². The summed E-state index contributed by atoms with van der Waals surface area (Å²) in [5.74, 6) is 0.162. The van der Waals surface area contributed by atoms with Crippen LogP contribution in [0.3, 0.4) is 0 Å². The van der Waals surface area contributed by atoms with Crippen molar-refractivity contribution in [3.8, 4) is 0 Å². The first-order chi connectivity index (χ1) is 10.1. The van der Waals surface area contributed by atoms with Gasteiger partial charge in [0.25, 0.3) is 5.91 Å². The fourth-order valence-electron chi connectivity index (χ4n) is 2.44. The largest absolute Gasteiger partial charge is 0.451 e. The van der Waals surface area contributed by atoms with Crippen LogP contribution in [0.5, 0.6) is 0 Å². The zero-order valence-corrected chi connectivity index (χ0v) is 12.4. The number of benzene rings is 2. The number of fused-ring (bicyclic) bond motifs is 1. The van der Waals surface area contributed by atoms with Crippen LogP contribution in [0.1, 0.15) is 27.2 Å². The van der Waals surface area contributed by atoms with Gasteiger partial charge in [0.05, 0.1) is 0 Å². The molecule has 3 nitrogen and oxygen atoms in total. The molecule has 21 heavy (non-hydrogen) atoms. The van der Waals surface area contributed by atoms with Gasteiger partial charge in [-0.25, -0.2) is 0 Å². The van der Waals surface area contributed by atoms with Gasteiger partial charge in [-0.2, -0.15) is 0 Å². The predicted octanol–water partition coefficient (Wildman–Crippen LogP) is 4.61. The van der Waals surface area contributed by atoms with Gasteiger partial charge in [-0.3, -0.25) is 4.79 Å². The number of aryl methyl sites for hydroxylation is 3. The molecule has 0 aliphatic heterocycles. The number of para-hydroxylation sites is 1. The van der Waals surface area contributed by atoms with Gasteiger partial charge < -0.3 is 9.73 Å². The van der Waals surface area contributed by atoms with Crippen LogP contribution in [-0.4, -0.2) is 5.91 Å². The Kier molecular flexibility index (Phi) is 3.26. The van der Waals surface area contributed by atoms with E-state index in [-0.39, 0.29) is 5.91 Å². The molecular formula is C18H17NO2. The van der Waals surface area contributed by atoms with Crippen molar-refractivity contribution in [2.24, 2.45) is 0 Å². The molecule has 0 aliphatic carbocycles. The van der Waals surface area contributed by atoms with Crippen molar-refractivity contribution in [2.45, 2.75) is 20.8 Å². The third-order valence-corrected chi connectivity index (χ3v) is 3.69. The van der Waals surface area contributed by atoms with Crippen molar-refractivity contribution in [1.82, 2.24) is 0 Å². The number of rotatable bonds is 2. The van der Waals surface area contributed by atoms with Gasteiger partial charge in [0.1, 0.15) is 5.58 Å². The molecule has 3 aromatic rings. The summed E-state index contributed by atoms with van der Waals surface area (Å²) in [5.41, 5.74) is 4.60. The summed E-state index contributed by atoms with van der Waals surface area (Å²) in [7, 11) is 0. The maximum atomic E-state index is 12.4. The molecule has 0 atom stereocenters. The van der Waals surface area contributed by atoms with Crippen LogP contribution in [0.2, 0.25) is 0 Å². The third-order valence-electron chi connectivity index (χ3n) is 3.69. The van der Waals surface area contributed by atoms with E-state index in [4.69, 9.17) is 4.42 Å². The van der Waals surface area contributed by atoms with E-state index in [9.17, 15) is 4.79 Å². The van der Waals surface area contributed by atoms with Gasteiger partial charge in [0, 0.05) is 16.6 Å². The SMILES string of the molecule is Cc1ccc2oc(C(=O)Nc3ccccc3C)c(C)c2c1. The van der Waals surface area contributed by atoms with Gasteiger partial charge in [-0.15, -0.1) is 0 Å². The summed E-state index contributed by atoms with van der Waals surface area (Å²) in [6, 6.07) is 13.6. The molecule has 0 radical (unpaired) electrons. The fourth-order valence-corrected chi connectivity index (χ4v) is 2.44. The minimum atomic E-state index is -0.212. The van der Waals surface area contributed by atoms with Crippen LogP contribution in [0, 0.1) is 20.8 Å². The van der Waals surface area contributed by atoms with E-state index in [1.54, 1.807) is 0 Å². The predicted molar refractivity (Wildman–Crippen MR) is 84.8 cm³/mol. The molecule has 0 saturated carbocycles. The van der Waals surface area contributed by atoms with E-state index < -0.39 is 0 Å². The van der Waals surface area contributed by atoms with Crippen LogP contribution >= 0.6 is 0 Å². The monoisotopic (exact) mass is 279 g/mol. The third kappa shape index (κ3) is 2.42. The standard InChI is InChI=1S/C18H17NO2/c1-11-8-9-16-14(10-11)13(3)17(21-16)18(20)19-15-7-5-4-6-12(15)2/h4-10H,1-3H3,(H,19,20). The number of amides is 1. The number of hydrogen-bond acceptors (Lipinski definition) is 2. The lowest BCUT2D eigenvalue weighted by Gasteiger charge is -2.06. The molecule has 2 aromatic carbocycles. The Bertz CT molecular complexity index is 830. The van der Waals surface area contributed by atoms with Crippen LogP contribution in [0.15, 0.2) is 46.9 Å². The summed E-state index contributed by atoms with van der Waals surface area (Å²) in [6.07, 6.45) is 0. The van der Waals surface area contributed by atoms with Crippen LogP contribution in [-0.2, 0) is 0 Å². The van der Waals surface area contributed by atoms with E-state index >= 15 is 0 Å². The van der Waals surface area contributed by atoms with Crippen LogP contribution < -0.4 is 5.32 Å². The average Bonchev–Trinajstić information content (AvgIpc) is 2.79. The van der Waals surface area contributed by atoms with Crippen LogP contribution in [0.4, 0.5) is 5.69 Å². The first kappa shape index (κ1) is 13.4. The Balaban J connectivity index is 1.99. The number of carbonyl (C=O) groups excluding carboxylic acids is 1. The van der Waals surface area contributed by atoms with E-state index in [0.29, 0.717) is 5.76 Å². The Hall–Kier alpha value is -2.55. The van der Waals surface area contributed by atoms with E-state index in [1.165, 1.54) is 0 Å². The van der Waals surface area contributed by atoms with Crippen molar-refractivity contribution in [3.05, 3.63) is 64.9 Å². The molecule has 106 valence electrons. The number of hydrogen-bond donors (Lipinski definition) is 1. The highest BCUT2D eigenvalue weighted by atomic mass is 16.3. The highest BCUT2D eigenvalue weighted by Gasteiger charge is 2.18. The lowest BCUT2D eigenvalue weighted by molar-refractivity contribution is 0.0998. The Morgan fingerprint density at radius 2 is 1.81 bits per heavy atom. The molecule has 0 saturated heterocycles. The molecule has 3 heteroatoms. The first-order valence-corrected chi connectivity index (χ1v) is 6.93. The number of carbonyl (C=O) groups is 1. The van der Waals surface area contributed by atoms with Crippen molar-refractivity contribution in [1.29, 1.82) is 0 Å². The second-order valence-electron chi connectivity index (χ2n) is 5.32. The molecule has 0 aliphatic rings. The summed E-state index contributed by atoms with van der Waals surface area (Å²) >= 11 is 0. The molecule has 0 spiro atoms. The molecule has 3 rings (SSSR count). The summed E-state index contributed by atoms with van der Waals surface area (Å²) < 4.78 is 5.72. The quantitative estimate of drug-likeness (QED) is 0.744. The van der Waals surface area contributed by atoms with Gasteiger partial charge in [0.2, 0.25) is 0 Å². The van der Waals surface area contributed by atoms with Crippen molar-refractivity contribution in [3.63, 3.8) is 0 Å². The second kappa shape index (κ2) is 5.09. The maximum absolute atomic E-state index is 12.4. The lowest BCUT2D eigenvalue weighted by atomic mass is 10.1. The van der Waals surface area contributed by atoms with Gasteiger partial charge in [-0.1, -0.05) is 29.8 Å². The second-order valence-corrected chi connectivity index (χ2v) is 5.32. The highest BCUT2D eigenvalue weighted by Crippen LogP contribution is 2.27. The van der Waals surface area contributed by atoms with Crippen molar-refractivity contribution < 1.29 is 9.21 Å². The van der Waals surface area contributed by atoms with Gasteiger partial charge in [0.15, 0.2) is 5.76 Å². The van der Waals surface area contributed by atoms with Gasteiger partial charge in [-0.05, 0) is 44.5 Å². The molecule has 0 unspecified atom stereocenters. The van der Waals surface area contributed by atoms with Crippen molar-refractivity contribution in [2.75, 3.05) is 5.32 Å². The number of anilines is 1. The topological polar surface area (TPSA) is 42.2 Å². The van der Waals surface area contributed by atoms with Crippen molar-refractivity contribution >= 4 is 22.6 Å². The average molecular weight is 279 g/mol. The van der Waals surface area contributed by atoms with Gasteiger partial charge >= 0.3 is 0 Å². The smallest absolute Gasteiger partial charge is 0.291 e.